The molecular weight excluding hydrogens is 308 g/mol. The van der Waals surface area contributed by atoms with E-state index in [1.165, 1.54) is 11.2 Å². The maximum atomic E-state index is 12.4. The number of ether oxygens (including phenoxy) is 1. The molecule has 0 fully saturated rings. The van der Waals surface area contributed by atoms with E-state index >= 15 is 0 Å². The molecule has 2 aromatic rings. The van der Waals surface area contributed by atoms with Crippen LogP contribution in [-0.2, 0) is 6.54 Å². The SMILES string of the molecule is COc1cc2c(cc1Nc1ncnc(N)c1C(=O)N(C)C)C=NC2. The number of nitrogens with zero attached hydrogens (tertiary/aromatic N) is 4. The van der Waals surface area contributed by atoms with Crippen LogP contribution in [0.1, 0.15) is 21.5 Å². The normalized spacial score (nSPS) is 12.0. The van der Waals surface area contributed by atoms with Gasteiger partial charge in [-0.25, -0.2) is 9.97 Å². The summed E-state index contributed by atoms with van der Waals surface area (Å²) in [5.41, 5.74) is 8.87. The highest BCUT2D eigenvalue weighted by Gasteiger charge is 2.21. The number of aliphatic imine (C=N–C) groups is 1. The molecule has 1 aromatic carbocycles. The van der Waals surface area contributed by atoms with Crippen LogP contribution in [-0.4, -0.2) is 48.2 Å². The van der Waals surface area contributed by atoms with Gasteiger partial charge >= 0.3 is 0 Å². The van der Waals surface area contributed by atoms with Gasteiger partial charge in [-0.05, 0) is 23.3 Å². The second-order valence-electron chi connectivity index (χ2n) is 5.53. The number of benzene rings is 1. The minimum atomic E-state index is -0.280. The lowest BCUT2D eigenvalue weighted by Gasteiger charge is -2.17. The van der Waals surface area contributed by atoms with Gasteiger partial charge in [0.2, 0.25) is 0 Å². The molecule has 0 spiro atoms. The van der Waals surface area contributed by atoms with Gasteiger partial charge in [-0.2, -0.15) is 0 Å². The number of nitrogen functional groups attached to an aromatic ring is 1. The molecular formula is C16H18N6O2. The third-order valence-corrected chi connectivity index (χ3v) is 3.70. The summed E-state index contributed by atoms with van der Waals surface area (Å²) in [6, 6.07) is 3.83. The van der Waals surface area contributed by atoms with Gasteiger partial charge in [0, 0.05) is 20.3 Å². The molecule has 3 rings (SSSR count). The number of nitrogens with one attached hydrogen (secondary N) is 1. The lowest BCUT2D eigenvalue weighted by atomic mass is 10.1. The molecule has 0 atom stereocenters. The van der Waals surface area contributed by atoms with Gasteiger partial charge < -0.3 is 20.7 Å². The van der Waals surface area contributed by atoms with Crippen molar-refractivity contribution in [1.29, 1.82) is 0 Å². The lowest BCUT2D eigenvalue weighted by molar-refractivity contribution is 0.0829. The zero-order chi connectivity index (χ0) is 17.3. The number of carbonyl (C=O) groups is 1. The Labute approximate surface area is 139 Å². The van der Waals surface area contributed by atoms with Gasteiger partial charge in [-0.3, -0.25) is 9.79 Å². The van der Waals surface area contributed by atoms with E-state index in [1.807, 2.05) is 12.1 Å². The molecule has 0 saturated heterocycles. The fraction of sp³-hybridized carbons (Fsp3) is 0.250. The molecule has 1 aliphatic heterocycles. The zero-order valence-electron chi connectivity index (χ0n) is 13.7. The number of aromatic nitrogens is 2. The van der Waals surface area contributed by atoms with Crippen molar-refractivity contribution in [3.05, 3.63) is 35.2 Å². The average molecular weight is 326 g/mol. The summed E-state index contributed by atoms with van der Waals surface area (Å²) in [4.78, 5) is 26.1. The molecule has 8 heteroatoms. The minimum Gasteiger partial charge on any atom is -0.495 e. The van der Waals surface area contributed by atoms with Crippen molar-refractivity contribution in [3.63, 3.8) is 0 Å². The molecule has 0 aliphatic carbocycles. The maximum absolute atomic E-state index is 12.4. The van der Waals surface area contributed by atoms with Crippen LogP contribution in [0, 0.1) is 0 Å². The zero-order valence-corrected chi connectivity index (χ0v) is 13.7. The molecule has 0 radical (unpaired) electrons. The number of carbonyl (C=O) groups excluding carboxylic acids is 1. The fourth-order valence-electron chi connectivity index (χ4n) is 2.46. The molecule has 1 amide bonds. The highest BCUT2D eigenvalue weighted by Crippen LogP contribution is 2.33. The van der Waals surface area contributed by atoms with Crippen LogP contribution in [0.4, 0.5) is 17.3 Å². The van der Waals surface area contributed by atoms with Crippen LogP contribution in [0.25, 0.3) is 0 Å². The maximum Gasteiger partial charge on any atom is 0.260 e. The summed E-state index contributed by atoms with van der Waals surface area (Å²) in [7, 11) is 4.87. The quantitative estimate of drug-likeness (QED) is 0.881. The predicted octanol–water partition coefficient (Wildman–Crippen LogP) is 1.45. The summed E-state index contributed by atoms with van der Waals surface area (Å²) in [5, 5.41) is 3.13. The van der Waals surface area contributed by atoms with Gasteiger partial charge in [0.05, 0.1) is 19.3 Å². The molecule has 0 bridgehead atoms. The van der Waals surface area contributed by atoms with Crippen molar-refractivity contribution in [1.82, 2.24) is 14.9 Å². The topological polar surface area (TPSA) is 106 Å². The number of methoxy groups -OCH3 is 1. The van der Waals surface area contributed by atoms with E-state index in [1.54, 1.807) is 27.4 Å². The second-order valence-corrected chi connectivity index (χ2v) is 5.53. The van der Waals surface area contributed by atoms with Gasteiger partial charge in [0.15, 0.2) is 0 Å². The number of anilines is 3. The Morgan fingerprint density at radius 1 is 1.33 bits per heavy atom. The van der Waals surface area contributed by atoms with Crippen molar-refractivity contribution >= 4 is 29.4 Å². The lowest BCUT2D eigenvalue weighted by Crippen LogP contribution is -2.24. The highest BCUT2D eigenvalue weighted by molar-refractivity contribution is 6.03. The van der Waals surface area contributed by atoms with E-state index in [2.05, 4.69) is 20.3 Å². The van der Waals surface area contributed by atoms with Gasteiger partial charge in [0.1, 0.15) is 29.3 Å². The average Bonchev–Trinajstić information content (AvgIpc) is 3.00. The molecule has 0 unspecified atom stereocenters. The summed E-state index contributed by atoms with van der Waals surface area (Å²) in [5.74, 6) is 0.805. The molecule has 8 nitrogen and oxygen atoms in total. The number of nitrogens with two attached hydrogens (primary N) is 1. The molecule has 2 heterocycles. The van der Waals surface area contributed by atoms with Crippen LogP contribution in [0.2, 0.25) is 0 Å². The van der Waals surface area contributed by atoms with Crippen molar-refractivity contribution in [2.75, 3.05) is 32.3 Å². The van der Waals surface area contributed by atoms with Crippen LogP contribution in [0.15, 0.2) is 23.5 Å². The monoisotopic (exact) mass is 326 g/mol. The van der Waals surface area contributed by atoms with Gasteiger partial charge in [-0.1, -0.05) is 0 Å². The Morgan fingerprint density at radius 2 is 2.12 bits per heavy atom. The van der Waals surface area contributed by atoms with E-state index in [9.17, 15) is 4.79 Å². The summed E-state index contributed by atoms with van der Waals surface area (Å²) in [6.45, 7) is 0.636. The van der Waals surface area contributed by atoms with Crippen LogP contribution >= 0.6 is 0 Å². The molecule has 0 saturated carbocycles. The van der Waals surface area contributed by atoms with Crippen molar-refractivity contribution < 1.29 is 9.53 Å². The first-order valence-corrected chi connectivity index (χ1v) is 7.31. The van der Waals surface area contributed by atoms with Crippen molar-refractivity contribution in [2.24, 2.45) is 4.99 Å². The largest absolute Gasteiger partial charge is 0.495 e. The third kappa shape index (κ3) is 2.73. The fourth-order valence-corrected chi connectivity index (χ4v) is 2.46. The van der Waals surface area contributed by atoms with Gasteiger partial charge in [-0.15, -0.1) is 0 Å². The molecule has 1 aromatic heterocycles. The van der Waals surface area contributed by atoms with Crippen molar-refractivity contribution in [3.8, 4) is 5.75 Å². The van der Waals surface area contributed by atoms with E-state index in [0.717, 1.165) is 11.1 Å². The third-order valence-electron chi connectivity index (χ3n) is 3.70. The highest BCUT2D eigenvalue weighted by atomic mass is 16.5. The number of rotatable bonds is 4. The Morgan fingerprint density at radius 3 is 2.83 bits per heavy atom. The molecule has 24 heavy (non-hydrogen) atoms. The first-order valence-electron chi connectivity index (χ1n) is 7.31. The van der Waals surface area contributed by atoms with Crippen LogP contribution < -0.4 is 15.8 Å². The van der Waals surface area contributed by atoms with E-state index in [0.29, 0.717) is 23.8 Å². The Hall–Kier alpha value is -3.16. The Bertz CT molecular complexity index is 832. The number of fused-ring (bicyclic) bond motifs is 1. The smallest absolute Gasteiger partial charge is 0.260 e. The van der Waals surface area contributed by atoms with Gasteiger partial charge in [0.25, 0.3) is 5.91 Å². The number of hydrogen-bond acceptors (Lipinski definition) is 7. The molecule has 124 valence electrons. The Kier molecular flexibility index (Phi) is 4.03. The summed E-state index contributed by atoms with van der Waals surface area (Å²) in [6.07, 6.45) is 3.12. The van der Waals surface area contributed by atoms with Crippen molar-refractivity contribution in [2.45, 2.75) is 6.54 Å². The van der Waals surface area contributed by atoms with E-state index < -0.39 is 0 Å². The molecule has 1 aliphatic rings. The Balaban J connectivity index is 2.05. The first kappa shape index (κ1) is 15.7. The van der Waals surface area contributed by atoms with E-state index in [-0.39, 0.29) is 17.3 Å². The molecule has 3 N–H and O–H groups in total. The summed E-state index contributed by atoms with van der Waals surface area (Å²) < 4.78 is 5.43. The van der Waals surface area contributed by atoms with Crippen LogP contribution in [0.5, 0.6) is 5.75 Å². The number of amides is 1. The summed E-state index contributed by atoms with van der Waals surface area (Å²) >= 11 is 0. The first-order chi connectivity index (χ1) is 11.5. The van der Waals surface area contributed by atoms with E-state index in [4.69, 9.17) is 10.5 Å². The standard InChI is InChI=1S/C16H18N6O2/c1-22(2)16(23)13-14(17)19-8-20-15(13)21-11-4-9-6-18-7-10(9)5-12(11)24-3/h4-6,8H,7H2,1-3H3,(H3,17,19,20,21). The second kappa shape index (κ2) is 6.15. The number of hydrogen-bond donors (Lipinski definition) is 2. The predicted molar refractivity (Wildman–Crippen MR) is 92.0 cm³/mol. The minimum absolute atomic E-state index is 0.118. The van der Waals surface area contributed by atoms with Crippen LogP contribution in [0.3, 0.4) is 0 Å².